The number of allylic oxidation sites excluding steroid dienone is 1. The van der Waals surface area contributed by atoms with Crippen LogP contribution in [0.1, 0.15) is 96.8 Å². The summed E-state index contributed by atoms with van der Waals surface area (Å²) in [6, 6.07) is 22.0. The van der Waals surface area contributed by atoms with Gasteiger partial charge in [-0.15, -0.1) is 0 Å². The van der Waals surface area contributed by atoms with Gasteiger partial charge in [0.1, 0.15) is 0 Å². The van der Waals surface area contributed by atoms with Crippen LogP contribution in [0, 0.1) is 34.0 Å². The summed E-state index contributed by atoms with van der Waals surface area (Å²) in [4.78, 5) is 2.42. The molecular weight excluding hydrogens is 555 g/mol. The van der Waals surface area contributed by atoms with E-state index in [0.717, 1.165) is 18.2 Å². The summed E-state index contributed by atoms with van der Waals surface area (Å²) in [5.41, 5.74) is 1.97. The van der Waals surface area contributed by atoms with Crippen molar-refractivity contribution >= 4 is 36.3 Å². The van der Waals surface area contributed by atoms with Gasteiger partial charge in [-0.25, -0.2) is 0 Å². The van der Waals surface area contributed by atoms with Crippen LogP contribution in [0.4, 0.5) is 5.69 Å². The second kappa shape index (κ2) is 18.1. The van der Waals surface area contributed by atoms with Gasteiger partial charge in [-0.3, -0.25) is 0 Å². The second-order valence-corrected chi connectivity index (χ2v) is 12.7. The molecule has 3 rings (SSSR count). The topological polar surface area (TPSA) is 74.6 Å². The van der Waals surface area contributed by atoms with Crippen LogP contribution in [0.2, 0.25) is 0 Å². The van der Waals surface area contributed by atoms with E-state index in [-0.39, 0.29) is 20.5 Å². The van der Waals surface area contributed by atoms with E-state index in [2.05, 4.69) is 42.2 Å². The number of anilines is 1. The SMILES string of the molecule is CCCCCCCCCCCCCCCCN1/C(=C/C(C#N)=c2ccc(=C(C#N)C#N)cc2)[Se]c2ccccc21. The van der Waals surface area contributed by atoms with Crippen LogP contribution in [0.3, 0.4) is 0 Å². The number of hydrogen-bond acceptors (Lipinski definition) is 4. The van der Waals surface area contributed by atoms with E-state index in [1.165, 1.54) is 98.2 Å². The van der Waals surface area contributed by atoms with Crippen LogP contribution >= 0.6 is 0 Å². The Balaban J connectivity index is 1.52. The first-order chi connectivity index (χ1) is 19.7. The molecule has 0 spiro atoms. The van der Waals surface area contributed by atoms with Crippen molar-refractivity contribution in [2.24, 2.45) is 0 Å². The minimum absolute atomic E-state index is 0.0809. The van der Waals surface area contributed by atoms with E-state index in [1.807, 2.05) is 30.3 Å². The number of unbranched alkanes of at least 4 members (excludes halogenated alkanes) is 13. The number of fused-ring (bicyclic) bond motifs is 1. The van der Waals surface area contributed by atoms with Crippen molar-refractivity contribution in [3.63, 3.8) is 0 Å². The summed E-state index contributed by atoms with van der Waals surface area (Å²) in [7, 11) is 0. The Hall–Kier alpha value is -3.29. The minimum atomic E-state index is 0.0809. The summed E-state index contributed by atoms with van der Waals surface area (Å²) < 4.78 is 2.58. The average molecular weight is 598 g/mol. The van der Waals surface area contributed by atoms with E-state index in [4.69, 9.17) is 10.5 Å². The van der Waals surface area contributed by atoms with Crippen molar-refractivity contribution in [1.82, 2.24) is 0 Å². The zero-order valence-electron chi connectivity index (χ0n) is 24.0. The number of benzene rings is 2. The Morgan fingerprint density at radius 3 is 1.75 bits per heavy atom. The van der Waals surface area contributed by atoms with E-state index in [1.54, 1.807) is 12.1 Å². The average Bonchev–Trinajstić information content (AvgIpc) is 3.34. The zero-order valence-corrected chi connectivity index (χ0v) is 25.7. The van der Waals surface area contributed by atoms with Gasteiger partial charge in [0.2, 0.25) is 0 Å². The molecule has 0 bridgehead atoms. The molecule has 2 aromatic carbocycles. The van der Waals surface area contributed by atoms with Gasteiger partial charge in [0.15, 0.2) is 0 Å². The molecule has 1 aliphatic rings. The van der Waals surface area contributed by atoms with Gasteiger partial charge in [-0.05, 0) is 0 Å². The van der Waals surface area contributed by atoms with Gasteiger partial charge in [0.25, 0.3) is 0 Å². The molecule has 0 fully saturated rings. The molecule has 5 heteroatoms. The van der Waals surface area contributed by atoms with Gasteiger partial charge < -0.3 is 0 Å². The molecule has 208 valence electrons. The van der Waals surface area contributed by atoms with Crippen LogP contribution in [-0.2, 0) is 0 Å². The van der Waals surface area contributed by atoms with E-state index in [0.29, 0.717) is 10.8 Å². The Kier molecular flexibility index (Phi) is 14.2. The van der Waals surface area contributed by atoms with Crippen molar-refractivity contribution in [2.45, 2.75) is 96.8 Å². The maximum absolute atomic E-state index is 9.97. The monoisotopic (exact) mass is 598 g/mol. The Bertz CT molecular complexity index is 1330. The molecule has 0 unspecified atom stereocenters. The molecule has 0 aromatic heterocycles. The molecule has 4 nitrogen and oxygen atoms in total. The molecule has 0 radical (unpaired) electrons. The quantitative estimate of drug-likeness (QED) is 0.159. The van der Waals surface area contributed by atoms with E-state index in [9.17, 15) is 5.26 Å². The van der Waals surface area contributed by atoms with E-state index >= 15 is 0 Å². The third-order valence-corrected chi connectivity index (χ3v) is 9.80. The number of nitriles is 3. The van der Waals surface area contributed by atoms with Gasteiger partial charge in [0.05, 0.1) is 0 Å². The number of rotatable bonds is 16. The van der Waals surface area contributed by atoms with Crippen LogP contribution in [-0.4, -0.2) is 21.5 Å². The molecule has 0 aliphatic carbocycles. The predicted octanol–water partition coefficient (Wildman–Crippen LogP) is 6.73. The fraction of sp³-hybridized carbons (Fsp3) is 0.457. The maximum atomic E-state index is 9.97. The standard InChI is InChI=1S/C35H42N4Se/c1-2-3-4-5-6-7-8-9-10-11-12-13-14-17-24-39-33-18-15-16-19-34(33)40-35(39)25-31(26-36)29-20-22-30(23-21-29)32(27-37)28-38/h15-16,18-23,25H,2-14,17,24H2,1H3/b35-25-. The van der Waals surface area contributed by atoms with Gasteiger partial charge in [-0.2, -0.15) is 0 Å². The van der Waals surface area contributed by atoms with Crippen molar-refractivity contribution < 1.29 is 0 Å². The summed E-state index contributed by atoms with van der Waals surface area (Å²) in [5.74, 6) is 0. The van der Waals surface area contributed by atoms with Crippen LogP contribution in [0.5, 0.6) is 0 Å². The molecule has 2 aromatic rings. The van der Waals surface area contributed by atoms with Gasteiger partial charge in [0, 0.05) is 0 Å². The van der Waals surface area contributed by atoms with Crippen molar-refractivity contribution in [2.75, 3.05) is 11.4 Å². The van der Waals surface area contributed by atoms with Crippen LogP contribution in [0.25, 0.3) is 11.1 Å². The molecule has 0 N–H and O–H groups in total. The van der Waals surface area contributed by atoms with Crippen molar-refractivity contribution in [1.29, 1.82) is 15.8 Å². The molecule has 0 amide bonds. The number of nitrogens with zero attached hydrogens (tertiary/aromatic N) is 4. The summed E-state index contributed by atoms with van der Waals surface area (Å²) >= 11 is 0.150. The second-order valence-electron chi connectivity index (χ2n) is 10.5. The third-order valence-electron chi connectivity index (χ3n) is 7.47. The summed E-state index contributed by atoms with van der Waals surface area (Å²) in [5, 5.41) is 29.6. The van der Waals surface area contributed by atoms with Crippen LogP contribution < -0.4 is 19.8 Å². The predicted molar refractivity (Wildman–Crippen MR) is 167 cm³/mol. The number of hydrogen-bond donors (Lipinski definition) is 0. The van der Waals surface area contributed by atoms with Gasteiger partial charge >= 0.3 is 209 Å². The summed E-state index contributed by atoms with van der Waals surface area (Å²) in [6.07, 6.45) is 21.0. The molecule has 1 heterocycles. The summed E-state index contributed by atoms with van der Waals surface area (Å²) in [6.45, 7) is 3.25. The fourth-order valence-corrected chi connectivity index (χ4v) is 7.50. The Morgan fingerprint density at radius 1 is 0.675 bits per heavy atom. The Labute approximate surface area is 247 Å². The molecule has 40 heavy (non-hydrogen) atoms. The molecular formula is C35H42N4Se. The first kappa shape index (κ1) is 31.2. The zero-order chi connectivity index (χ0) is 28.4. The first-order valence-corrected chi connectivity index (χ1v) is 16.7. The first-order valence-electron chi connectivity index (χ1n) is 15.0. The molecule has 1 aliphatic heterocycles. The molecule has 0 saturated heterocycles. The molecule has 0 atom stereocenters. The van der Waals surface area contributed by atoms with Crippen molar-refractivity contribution in [3.05, 3.63) is 69.6 Å². The normalized spacial score (nSPS) is 12.9. The van der Waals surface area contributed by atoms with Crippen molar-refractivity contribution in [3.8, 4) is 18.2 Å². The van der Waals surface area contributed by atoms with Crippen LogP contribution in [0.15, 0.2) is 59.2 Å². The number of para-hydroxylation sites is 1. The third kappa shape index (κ3) is 9.72. The van der Waals surface area contributed by atoms with Gasteiger partial charge in [-0.1, -0.05) is 39.0 Å². The van der Waals surface area contributed by atoms with E-state index < -0.39 is 0 Å². The fourth-order valence-electron chi connectivity index (χ4n) is 5.13. The molecule has 0 saturated carbocycles. The Morgan fingerprint density at radius 2 is 1.20 bits per heavy atom.